The summed E-state index contributed by atoms with van der Waals surface area (Å²) in [5.41, 5.74) is 3.66. The van der Waals surface area contributed by atoms with Crippen LogP contribution in [0.1, 0.15) is 5.01 Å². The molecule has 0 saturated carbocycles. The summed E-state index contributed by atoms with van der Waals surface area (Å²) in [6.07, 6.45) is 1.58. The summed E-state index contributed by atoms with van der Waals surface area (Å²) >= 11 is 1.66. The molecule has 1 fully saturated rings. The van der Waals surface area contributed by atoms with Crippen molar-refractivity contribution in [2.24, 2.45) is 5.92 Å². The first-order valence-corrected chi connectivity index (χ1v) is 10.3. The Morgan fingerprint density at radius 1 is 1.10 bits per heavy atom. The Kier molecular flexibility index (Phi) is 4.44. The molecule has 0 aliphatic carbocycles. The van der Waals surface area contributed by atoms with Crippen LogP contribution in [0.4, 0.5) is 11.5 Å². The fourth-order valence-electron chi connectivity index (χ4n) is 3.48. The molecule has 6 nitrogen and oxygen atoms in total. The smallest absolute Gasteiger partial charge is 0.231 e. The van der Waals surface area contributed by atoms with E-state index in [2.05, 4.69) is 25.2 Å². The zero-order chi connectivity index (χ0) is 19.8. The largest absolute Gasteiger partial charge is 0.355 e. The molecular weight excluding hydrogens is 382 g/mol. The van der Waals surface area contributed by atoms with Gasteiger partial charge in [-0.05, 0) is 25.1 Å². The van der Waals surface area contributed by atoms with Gasteiger partial charge < -0.3 is 10.2 Å². The highest BCUT2D eigenvalue weighted by molar-refractivity contribution is 7.18. The Morgan fingerprint density at radius 2 is 1.93 bits per heavy atom. The van der Waals surface area contributed by atoms with Gasteiger partial charge in [0.1, 0.15) is 12.1 Å². The first-order chi connectivity index (χ1) is 14.2. The van der Waals surface area contributed by atoms with Crippen LogP contribution in [0.3, 0.4) is 0 Å². The molecule has 2 aromatic heterocycles. The van der Waals surface area contributed by atoms with Gasteiger partial charge in [0.2, 0.25) is 5.91 Å². The number of hydrogen-bond acceptors (Lipinski definition) is 6. The van der Waals surface area contributed by atoms with Gasteiger partial charge in [0.05, 0.1) is 26.8 Å². The topological polar surface area (TPSA) is 71.0 Å². The van der Waals surface area contributed by atoms with Crippen LogP contribution >= 0.6 is 11.3 Å². The molecule has 1 amide bonds. The van der Waals surface area contributed by atoms with E-state index in [1.54, 1.807) is 17.7 Å². The van der Waals surface area contributed by atoms with Crippen molar-refractivity contribution in [3.05, 3.63) is 65.9 Å². The molecule has 144 valence electrons. The minimum Gasteiger partial charge on any atom is -0.355 e. The van der Waals surface area contributed by atoms with Crippen LogP contribution in [-0.2, 0) is 4.79 Å². The zero-order valence-corrected chi connectivity index (χ0v) is 16.7. The van der Waals surface area contributed by atoms with Gasteiger partial charge in [-0.2, -0.15) is 0 Å². The number of aromatic nitrogens is 3. The number of fused-ring (bicyclic) bond motifs is 1. The van der Waals surface area contributed by atoms with E-state index in [-0.39, 0.29) is 11.8 Å². The molecule has 1 N–H and O–H groups in total. The molecule has 0 bridgehead atoms. The van der Waals surface area contributed by atoms with Crippen LogP contribution in [0, 0.1) is 12.8 Å². The fraction of sp³-hybridized carbons (Fsp3) is 0.182. The van der Waals surface area contributed by atoms with Crippen molar-refractivity contribution in [2.75, 3.05) is 23.3 Å². The monoisotopic (exact) mass is 401 g/mol. The SMILES string of the molecule is Cc1nc2cc(NC(=O)C3CN(c4cc(-c5ccccc5)ncn4)C3)ccc2s1. The van der Waals surface area contributed by atoms with Crippen molar-refractivity contribution < 1.29 is 4.79 Å². The minimum atomic E-state index is -0.0574. The van der Waals surface area contributed by atoms with Crippen molar-refractivity contribution >= 4 is 39.0 Å². The van der Waals surface area contributed by atoms with Gasteiger partial charge in [-0.15, -0.1) is 11.3 Å². The van der Waals surface area contributed by atoms with E-state index in [1.807, 2.05) is 61.5 Å². The second kappa shape index (κ2) is 7.25. The highest BCUT2D eigenvalue weighted by Gasteiger charge is 2.33. The number of carbonyl (C=O) groups excluding carboxylic acids is 1. The van der Waals surface area contributed by atoms with Crippen LogP contribution < -0.4 is 10.2 Å². The number of amides is 1. The van der Waals surface area contributed by atoms with Gasteiger partial charge in [0.15, 0.2) is 0 Å². The third-order valence-electron chi connectivity index (χ3n) is 5.06. The summed E-state index contributed by atoms with van der Waals surface area (Å²) < 4.78 is 1.13. The predicted octanol–water partition coefficient (Wildman–Crippen LogP) is 4.14. The molecule has 1 saturated heterocycles. The van der Waals surface area contributed by atoms with E-state index in [1.165, 1.54) is 0 Å². The summed E-state index contributed by atoms with van der Waals surface area (Å²) in [4.78, 5) is 27.9. The van der Waals surface area contributed by atoms with Crippen molar-refractivity contribution in [1.82, 2.24) is 15.0 Å². The number of hydrogen-bond donors (Lipinski definition) is 1. The van der Waals surface area contributed by atoms with E-state index >= 15 is 0 Å². The minimum absolute atomic E-state index is 0.0323. The van der Waals surface area contributed by atoms with E-state index < -0.39 is 0 Å². The van der Waals surface area contributed by atoms with E-state index in [0.29, 0.717) is 13.1 Å². The predicted molar refractivity (Wildman–Crippen MR) is 116 cm³/mol. The van der Waals surface area contributed by atoms with Gasteiger partial charge >= 0.3 is 0 Å². The lowest BCUT2D eigenvalue weighted by molar-refractivity contribution is -0.120. The molecular formula is C22H19N5OS. The summed E-state index contributed by atoms with van der Waals surface area (Å²) in [5, 5.41) is 4.05. The summed E-state index contributed by atoms with van der Waals surface area (Å²) in [7, 11) is 0. The van der Waals surface area contributed by atoms with Crippen molar-refractivity contribution in [2.45, 2.75) is 6.92 Å². The maximum Gasteiger partial charge on any atom is 0.231 e. The molecule has 0 atom stereocenters. The number of nitrogens with one attached hydrogen (secondary N) is 1. The molecule has 7 heteroatoms. The number of anilines is 2. The van der Waals surface area contributed by atoms with Crippen molar-refractivity contribution in [3.63, 3.8) is 0 Å². The normalized spacial score (nSPS) is 14.0. The number of rotatable bonds is 4. The molecule has 29 heavy (non-hydrogen) atoms. The number of aryl methyl sites for hydroxylation is 1. The number of benzene rings is 2. The fourth-order valence-corrected chi connectivity index (χ4v) is 4.29. The quantitative estimate of drug-likeness (QED) is 0.557. The van der Waals surface area contributed by atoms with Gasteiger partial charge in [0.25, 0.3) is 0 Å². The summed E-state index contributed by atoms with van der Waals surface area (Å²) in [6, 6.07) is 17.9. The van der Waals surface area contributed by atoms with Crippen LogP contribution in [0.15, 0.2) is 60.9 Å². The Bertz CT molecular complexity index is 1180. The average molecular weight is 401 g/mol. The molecule has 1 aliphatic heterocycles. The molecule has 1 aliphatic rings. The molecule has 0 radical (unpaired) electrons. The highest BCUT2D eigenvalue weighted by Crippen LogP contribution is 2.28. The van der Waals surface area contributed by atoms with Gasteiger partial charge in [-0.25, -0.2) is 15.0 Å². The summed E-state index contributed by atoms with van der Waals surface area (Å²) in [6.45, 7) is 3.28. The third-order valence-corrected chi connectivity index (χ3v) is 6.01. The lowest BCUT2D eigenvalue weighted by atomic mass is 9.99. The third kappa shape index (κ3) is 3.56. The standard InChI is InChI=1S/C22H19N5OS/c1-14-25-19-9-17(7-8-20(19)29-14)26-22(28)16-11-27(12-16)21-10-18(23-13-24-21)15-5-3-2-4-6-15/h2-10,13,16H,11-12H2,1H3,(H,26,28). The van der Waals surface area contributed by atoms with Gasteiger partial charge in [0, 0.05) is 30.4 Å². The Hall–Kier alpha value is -3.32. The Balaban J connectivity index is 1.24. The molecule has 4 aromatic rings. The van der Waals surface area contributed by atoms with Crippen molar-refractivity contribution in [3.8, 4) is 11.3 Å². The summed E-state index contributed by atoms with van der Waals surface area (Å²) in [5.74, 6) is 0.824. The first kappa shape index (κ1) is 17.8. The van der Waals surface area contributed by atoms with Crippen LogP contribution in [0.2, 0.25) is 0 Å². The molecule has 3 heterocycles. The van der Waals surface area contributed by atoms with Crippen LogP contribution in [-0.4, -0.2) is 33.9 Å². The van der Waals surface area contributed by atoms with Crippen LogP contribution in [0.5, 0.6) is 0 Å². The van der Waals surface area contributed by atoms with E-state index in [9.17, 15) is 4.79 Å². The van der Waals surface area contributed by atoms with Crippen LogP contribution in [0.25, 0.3) is 21.5 Å². The zero-order valence-electron chi connectivity index (χ0n) is 15.9. The molecule has 2 aromatic carbocycles. The average Bonchev–Trinajstić information content (AvgIpc) is 3.07. The second-order valence-corrected chi connectivity index (χ2v) is 8.37. The number of thiazole rings is 1. The second-order valence-electron chi connectivity index (χ2n) is 7.13. The maximum atomic E-state index is 12.6. The maximum absolute atomic E-state index is 12.6. The highest BCUT2D eigenvalue weighted by atomic mass is 32.1. The molecule has 5 rings (SSSR count). The van der Waals surface area contributed by atoms with Crippen molar-refractivity contribution in [1.29, 1.82) is 0 Å². The van der Waals surface area contributed by atoms with E-state index in [0.717, 1.165) is 38.0 Å². The molecule has 0 spiro atoms. The number of carbonyl (C=O) groups is 1. The lowest BCUT2D eigenvalue weighted by Crippen LogP contribution is -2.52. The van der Waals surface area contributed by atoms with Gasteiger partial charge in [-0.3, -0.25) is 4.79 Å². The lowest BCUT2D eigenvalue weighted by Gasteiger charge is -2.39. The Labute approximate surface area is 172 Å². The Morgan fingerprint density at radius 3 is 2.76 bits per heavy atom. The number of nitrogens with zero attached hydrogens (tertiary/aromatic N) is 4. The van der Waals surface area contributed by atoms with Gasteiger partial charge in [-0.1, -0.05) is 30.3 Å². The van der Waals surface area contributed by atoms with E-state index in [4.69, 9.17) is 0 Å². The first-order valence-electron chi connectivity index (χ1n) is 9.46. The molecule has 0 unspecified atom stereocenters.